The van der Waals surface area contributed by atoms with E-state index in [2.05, 4.69) is 93.7 Å². The summed E-state index contributed by atoms with van der Waals surface area (Å²) in [4.78, 5) is 38.0. The second kappa shape index (κ2) is 69.3. The monoisotopic (exact) mass is 1130 g/mol. The van der Waals surface area contributed by atoms with Crippen molar-refractivity contribution in [2.24, 2.45) is 0 Å². The SMILES string of the molecule is CC/C=C\C/C=C\C/C=C\C/C=C\CCCCCCCCCCCCC(=O)OC(COC(=O)CCCCCCC)COC(=O)CCCCCCCCCCCCCCCCCCCCCCCCC/C=C\C/C=C\CCCCCCC. The van der Waals surface area contributed by atoms with Gasteiger partial charge in [0.2, 0.25) is 0 Å². The molecular weight excluding hydrogens is 997 g/mol. The van der Waals surface area contributed by atoms with Crippen molar-refractivity contribution in [3.63, 3.8) is 0 Å². The summed E-state index contributed by atoms with van der Waals surface area (Å²) in [5.74, 6) is -0.874. The van der Waals surface area contributed by atoms with E-state index in [9.17, 15) is 14.4 Å². The predicted octanol–water partition coefficient (Wildman–Crippen LogP) is 24.4. The molecule has 1 atom stereocenters. The Bertz CT molecular complexity index is 1490. The molecule has 0 aromatic carbocycles. The molecule has 6 nitrogen and oxygen atoms in total. The molecule has 0 saturated heterocycles. The van der Waals surface area contributed by atoms with E-state index in [0.717, 1.165) is 96.3 Å². The number of hydrogen-bond acceptors (Lipinski definition) is 6. The quantitative estimate of drug-likeness (QED) is 0.0261. The van der Waals surface area contributed by atoms with Crippen molar-refractivity contribution in [1.82, 2.24) is 0 Å². The molecule has 0 heterocycles. The first-order chi connectivity index (χ1) is 40.0. The van der Waals surface area contributed by atoms with Gasteiger partial charge in [0.1, 0.15) is 13.2 Å². The van der Waals surface area contributed by atoms with Crippen LogP contribution < -0.4 is 0 Å². The molecule has 0 amide bonds. The summed E-state index contributed by atoms with van der Waals surface area (Å²) in [6.07, 6.45) is 91.4. The summed E-state index contributed by atoms with van der Waals surface area (Å²) in [7, 11) is 0. The Morgan fingerprint density at radius 3 is 0.753 bits per heavy atom. The minimum absolute atomic E-state index is 0.0731. The zero-order chi connectivity index (χ0) is 58.5. The van der Waals surface area contributed by atoms with Crippen LogP contribution in [0.4, 0.5) is 0 Å². The van der Waals surface area contributed by atoms with Crippen molar-refractivity contribution >= 4 is 17.9 Å². The number of ether oxygens (including phenoxy) is 3. The molecule has 470 valence electrons. The highest BCUT2D eigenvalue weighted by Gasteiger charge is 2.19. The van der Waals surface area contributed by atoms with Crippen LogP contribution in [0.3, 0.4) is 0 Å². The van der Waals surface area contributed by atoms with Gasteiger partial charge in [-0.05, 0) is 89.9 Å². The number of rotatable bonds is 65. The van der Waals surface area contributed by atoms with E-state index < -0.39 is 6.10 Å². The Hall–Kier alpha value is -3.15. The van der Waals surface area contributed by atoms with Crippen molar-refractivity contribution in [3.05, 3.63) is 72.9 Å². The fraction of sp³-hybridized carbons (Fsp3) is 0.800. The maximum Gasteiger partial charge on any atom is 0.306 e. The van der Waals surface area contributed by atoms with Crippen LogP contribution in [0.5, 0.6) is 0 Å². The van der Waals surface area contributed by atoms with Crippen LogP contribution in [0, 0.1) is 0 Å². The van der Waals surface area contributed by atoms with E-state index >= 15 is 0 Å². The highest BCUT2D eigenvalue weighted by Crippen LogP contribution is 2.18. The van der Waals surface area contributed by atoms with Gasteiger partial charge in [-0.1, -0.05) is 331 Å². The molecule has 0 aliphatic rings. The van der Waals surface area contributed by atoms with Gasteiger partial charge in [-0.25, -0.2) is 0 Å². The molecule has 6 heteroatoms. The molecule has 0 bridgehead atoms. The lowest BCUT2D eigenvalue weighted by molar-refractivity contribution is -0.167. The summed E-state index contributed by atoms with van der Waals surface area (Å²) < 4.78 is 16.8. The molecule has 81 heavy (non-hydrogen) atoms. The first-order valence-corrected chi connectivity index (χ1v) is 35.4. The minimum Gasteiger partial charge on any atom is -0.462 e. The number of carbonyl (C=O) groups is 3. The van der Waals surface area contributed by atoms with Crippen LogP contribution in [0.2, 0.25) is 0 Å². The number of esters is 3. The number of unbranched alkanes of at least 4 members (excludes halogenated alkanes) is 42. The maximum absolute atomic E-state index is 12.8. The van der Waals surface area contributed by atoms with Crippen LogP contribution in [-0.2, 0) is 28.6 Å². The van der Waals surface area contributed by atoms with Gasteiger partial charge in [0, 0.05) is 19.3 Å². The van der Waals surface area contributed by atoms with E-state index in [1.165, 1.54) is 231 Å². The molecule has 0 saturated carbocycles. The van der Waals surface area contributed by atoms with E-state index in [1.54, 1.807) is 0 Å². The normalized spacial score (nSPS) is 12.5. The average Bonchev–Trinajstić information content (AvgIpc) is 3.47. The molecule has 0 rings (SSSR count). The molecular formula is C75H134O6. The summed E-state index contributed by atoms with van der Waals surface area (Å²) in [5, 5.41) is 0. The number of allylic oxidation sites excluding steroid dienone is 12. The van der Waals surface area contributed by atoms with E-state index in [1.807, 2.05) is 0 Å². The fourth-order valence-corrected chi connectivity index (χ4v) is 10.4. The van der Waals surface area contributed by atoms with Crippen molar-refractivity contribution in [2.45, 2.75) is 374 Å². The lowest BCUT2D eigenvalue weighted by atomic mass is 10.0. The molecule has 0 N–H and O–H groups in total. The van der Waals surface area contributed by atoms with E-state index in [0.29, 0.717) is 19.3 Å². The largest absolute Gasteiger partial charge is 0.462 e. The maximum atomic E-state index is 12.8. The van der Waals surface area contributed by atoms with Crippen molar-refractivity contribution in [2.75, 3.05) is 13.2 Å². The third-order valence-corrected chi connectivity index (χ3v) is 15.7. The van der Waals surface area contributed by atoms with Crippen LogP contribution in [0.15, 0.2) is 72.9 Å². The Kier molecular flexibility index (Phi) is 66.6. The van der Waals surface area contributed by atoms with Gasteiger partial charge >= 0.3 is 17.9 Å². The van der Waals surface area contributed by atoms with E-state index in [4.69, 9.17) is 14.2 Å². The third kappa shape index (κ3) is 67.5. The Balaban J connectivity index is 3.90. The molecule has 0 aliphatic carbocycles. The second-order valence-electron chi connectivity index (χ2n) is 23.8. The minimum atomic E-state index is -0.773. The highest BCUT2D eigenvalue weighted by molar-refractivity contribution is 5.71. The highest BCUT2D eigenvalue weighted by atomic mass is 16.6. The first-order valence-electron chi connectivity index (χ1n) is 35.4. The lowest BCUT2D eigenvalue weighted by Crippen LogP contribution is -2.30. The molecule has 0 fully saturated rings. The molecule has 0 spiro atoms. The van der Waals surface area contributed by atoms with Gasteiger partial charge in [-0.2, -0.15) is 0 Å². The summed E-state index contributed by atoms with van der Waals surface area (Å²) in [6.45, 7) is 6.48. The molecule has 0 aromatic heterocycles. The van der Waals surface area contributed by atoms with Crippen LogP contribution in [0.1, 0.15) is 367 Å². The summed E-state index contributed by atoms with van der Waals surface area (Å²) in [6, 6.07) is 0. The van der Waals surface area contributed by atoms with Crippen LogP contribution in [0.25, 0.3) is 0 Å². The predicted molar refractivity (Wildman–Crippen MR) is 353 cm³/mol. The van der Waals surface area contributed by atoms with Crippen molar-refractivity contribution < 1.29 is 28.6 Å². The van der Waals surface area contributed by atoms with Gasteiger partial charge in [0.15, 0.2) is 6.10 Å². The number of hydrogen-bond donors (Lipinski definition) is 0. The second-order valence-corrected chi connectivity index (χ2v) is 23.8. The molecule has 0 aromatic rings. The topological polar surface area (TPSA) is 78.9 Å². The molecule has 1 unspecified atom stereocenters. The van der Waals surface area contributed by atoms with Gasteiger partial charge in [-0.3, -0.25) is 14.4 Å². The lowest BCUT2D eigenvalue weighted by Gasteiger charge is -2.18. The van der Waals surface area contributed by atoms with Gasteiger partial charge in [0.05, 0.1) is 0 Å². The Morgan fingerprint density at radius 1 is 0.259 bits per heavy atom. The van der Waals surface area contributed by atoms with E-state index in [-0.39, 0.29) is 31.1 Å². The molecule has 0 aliphatic heterocycles. The third-order valence-electron chi connectivity index (χ3n) is 15.7. The van der Waals surface area contributed by atoms with Crippen molar-refractivity contribution in [1.29, 1.82) is 0 Å². The van der Waals surface area contributed by atoms with Gasteiger partial charge in [0.25, 0.3) is 0 Å². The van der Waals surface area contributed by atoms with Crippen molar-refractivity contribution in [3.8, 4) is 0 Å². The zero-order valence-corrected chi connectivity index (χ0v) is 54.1. The van der Waals surface area contributed by atoms with Gasteiger partial charge in [-0.15, -0.1) is 0 Å². The first kappa shape index (κ1) is 77.9. The van der Waals surface area contributed by atoms with Gasteiger partial charge < -0.3 is 14.2 Å². The molecule has 0 radical (unpaired) electrons. The summed E-state index contributed by atoms with van der Waals surface area (Å²) >= 11 is 0. The standard InChI is InChI=1S/C75H134O6/c1-4-7-10-13-15-17-19-21-23-25-27-29-31-32-33-34-35-36-37-38-39-40-41-42-44-45-47-49-51-53-55-57-59-62-65-68-74(77)80-71-72(70-79-73(76)67-64-61-12-9-6-3)81-75(78)69-66-63-60-58-56-54-52-50-48-46-43-30-28-26-24-22-20-18-16-14-11-8-5-2/h8,11,16,18-19,21-22,24-25,27-28,30,72H,4-7,9-10,12-15,17,20,23,26,29,31-71H2,1-3H3/b11-8-,18-16-,21-19-,24-22-,27-25-,30-28-. The average molecular weight is 1130 g/mol. The van der Waals surface area contributed by atoms with Crippen LogP contribution >= 0.6 is 0 Å². The Morgan fingerprint density at radius 2 is 0.481 bits per heavy atom. The summed E-state index contributed by atoms with van der Waals surface area (Å²) in [5.41, 5.74) is 0. The fourth-order valence-electron chi connectivity index (χ4n) is 10.4. The smallest absolute Gasteiger partial charge is 0.306 e. The number of carbonyl (C=O) groups excluding carboxylic acids is 3. The Labute approximate surface area is 503 Å². The zero-order valence-electron chi connectivity index (χ0n) is 54.1. The van der Waals surface area contributed by atoms with Crippen LogP contribution in [-0.4, -0.2) is 37.2 Å².